The first-order valence-electron chi connectivity index (χ1n) is 6.68. The number of nitrogens with one attached hydrogen (secondary N) is 1. The highest BCUT2D eigenvalue weighted by Gasteiger charge is 2.23. The maximum Gasteiger partial charge on any atom is 0.300 e. The Kier molecular flexibility index (Phi) is 3.64. The standard InChI is InChI=1S/C14H12FN3O4S/c1-2-18-8-10(7-16-18)23(20,21)17-14(19)12-6-9-4-3-5-11(15)13(9)22-12/h3-8H,2H2,1H3,(H,17,19). The van der Waals surface area contributed by atoms with E-state index in [0.717, 1.165) is 6.20 Å². The van der Waals surface area contributed by atoms with Crippen LogP contribution in [-0.4, -0.2) is 24.1 Å². The van der Waals surface area contributed by atoms with E-state index in [2.05, 4.69) is 5.10 Å². The summed E-state index contributed by atoms with van der Waals surface area (Å²) in [6, 6.07) is 5.48. The molecule has 0 aliphatic heterocycles. The molecule has 0 unspecified atom stereocenters. The summed E-state index contributed by atoms with van der Waals surface area (Å²) in [5.74, 6) is -1.91. The van der Waals surface area contributed by atoms with E-state index in [-0.39, 0.29) is 16.2 Å². The Balaban J connectivity index is 1.89. The fraction of sp³-hybridized carbons (Fsp3) is 0.143. The van der Waals surface area contributed by atoms with Crippen LogP contribution in [0, 0.1) is 5.82 Å². The quantitative estimate of drug-likeness (QED) is 0.785. The molecule has 0 atom stereocenters. The van der Waals surface area contributed by atoms with E-state index in [4.69, 9.17) is 4.42 Å². The van der Waals surface area contributed by atoms with Crippen molar-refractivity contribution in [1.29, 1.82) is 0 Å². The molecule has 1 amide bonds. The molecule has 3 aromatic rings. The van der Waals surface area contributed by atoms with Gasteiger partial charge in [0.2, 0.25) is 0 Å². The molecule has 0 aliphatic rings. The molecular formula is C14H12FN3O4S. The highest BCUT2D eigenvalue weighted by atomic mass is 32.2. The molecule has 23 heavy (non-hydrogen) atoms. The zero-order valence-corrected chi connectivity index (χ0v) is 12.8. The number of hydrogen-bond acceptors (Lipinski definition) is 5. The van der Waals surface area contributed by atoms with Crippen molar-refractivity contribution in [3.05, 3.63) is 48.2 Å². The van der Waals surface area contributed by atoms with Gasteiger partial charge < -0.3 is 4.42 Å². The first-order valence-corrected chi connectivity index (χ1v) is 8.16. The highest BCUT2D eigenvalue weighted by molar-refractivity contribution is 7.90. The maximum atomic E-state index is 13.6. The van der Waals surface area contributed by atoms with Gasteiger partial charge in [-0.05, 0) is 19.1 Å². The van der Waals surface area contributed by atoms with Crippen LogP contribution in [0.3, 0.4) is 0 Å². The number of carbonyl (C=O) groups excluding carboxylic acids is 1. The SMILES string of the molecule is CCn1cc(S(=O)(=O)NC(=O)c2cc3cccc(F)c3o2)cn1. The van der Waals surface area contributed by atoms with E-state index in [1.807, 2.05) is 4.72 Å². The molecule has 0 radical (unpaired) electrons. The summed E-state index contributed by atoms with van der Waals surface area (Å²) in [6.07, 6.45) is 2.44. The lowest BCUT2D eigenvalue weighted by molar-refractivity contribution is 0.0956. The summed E-state index contributed by atoms with van der Waals surface area (Å²) >= 11 is 0. The van der Waals surface area contributed by atoms with Crippen LogP contribution in [0.4, 0.5) is 4.39 Å². The van der Waals surface area contributed by atoms with Crippen LogP contribution < -0.4 is 4.72 Å². The van der Waals surface area contributed by atoms with Crippen LogP contribution in [0.1, 0.15) is 17.5 Å². The number of aryl methyl sites for hydroxylation is 1. The van der Waals surface area contributed by atoms with Crippen molar-refractivity contribution in [2.45, 2.75) is 18.4 Å². The number of furan rings is 1. The fourth-order valence-corrected chi connectivity index (χ4v) is 2.94. The second-order valence-electron chi connectivity index (χ2n) is 4.74. The number of aromatic nitrogens is 2. The van der Waals surface area contributed by atoms with Gasteiger partial charge in [-0.25, -0.2) is 17.5 Å². The topological polar surface area (TPSA) is 94.2 Å². The first kappa shape index (κ1) is 15.2. The third kappa shape index (κ3) is 2.82. The van der Waals surface area contributed by atoms with Crippen molar-refractivity contribution < 1.29 is 22.0 Å². The molecule has 0 fully saturated rings. The number of nitrogens with zero attached hydrogens (tertiary/aromatic N) is 2. The summed E-state index contributed by atoms with van der Waals surface area (Å²) in [5.41, 5.74) is -0.103. The Morgan fingerprint density at radius 3 is 2.87 bits per heavy atom. The van der Waals surface area contributed by atoms with Crippen LogP contribution >= 0.6 is 0 Å². The molecule has 120 valence electrons. The smallest absolute Gasteiger partial charge is 0.300 e. The third-order valence-corrected chi connectivity index (χ3v) is 4.48. The number of para-hydroxylation sites is 1. The van der Waals surface area contributed by atoms with E-state index >= 15 is 0 Å². The van der Waals surface area contributed by atoms with Crippen LogP contribution in [0.2, 0.25) is 0 Å². The molecule has 2 aromatic heterocycles. The monoisotopic (exact) mass is 337 g/mol. The lowest BCUT2D eigenvalue weighted by Gasteiger charge is -2.02. The number of sulfonamides is 1. The van der Waals surface area contributed by atoms with Crippen molar-refractivity contribution in [3.63, 3.8) is 0 Å². The Morgan fingerprint density at radius 2 is 2.22 bits per heavy atom. The fourth-order valence-electron chi connectivity index (χ4n) is 2.03. The zero-order chi connectivity index (χ0) is 16.6. The van der Waals surface area contributed by atoms with E-state index in [1.165, 1.54) is 29.1 Å². The van der Waals surface area contributed by atoms with Crippen LogP contribution in [0.15, 0.2) is 46.0 Å². The summed E-state index contributed by atoms with van der Waals surface area (Å²) < 4.78 is 46.2. The largest absolute Gasteiger partial charge is 0.448 e. The molecule has 9 heteroatoms. The van der Waals surface area contributed by atoms with Gasteiger partial charge in [0.05, 0.1) is 6.20 Å². The van der Waals surface area contributed by atoms with Gasteiger partial charge in [-0.3, -0.25) is 9.48 Å². The Hall–Kier alpha value is -2.68. The zero-order valence-electron chi connectivity index (χ0n) is 12.0. The number of benzene rings is 1. The average Bonchev–Trinajstić information content (AvgIpc) is 3.14. The molecule has 0 saturated heterocycles. The number of hydrogen-bond donors (Lipinski definition) is 1. The molecule has 7 nitrogen and oxygen atoms in total. The molecule has 0 aliphatic carbocycles. The van der Waals surface area contributed by atoms with Crippen molar-refractivity contribution in [2.24, 2.45) is 0 Å². The predicted octanol–water partition coefficient (Wildman–Crippen LogP) is 1.91. The predicted molar refractivity (Wildman–Crippen MR) is 78.7 cm³/mol. The number of fused-ring (bicyclic) bond motifs is 1. The number of halogens is 1. The number of rotatable bonds is 4. The maximum absolute atomic E-state index is 13.6. The summed E-state index contributed by atoms with van der Waals surface area (Å²) in [4.78, 5) is 11.9. The van der Waals surface area contributed by atoms with E-state index < -0.39 is 21.7 Å². The normalized spacial score (nSPS) is 11.7. The minimum Gasteiger partial charge on any atom is -0.448 e. The Bertz CT molecular complexity index is 991. The van der Waals surface area contributed by atoms with Gasteiger partial charge in [-0.15, -0.1) is 0 Å². The van der Waals surface area contributed by atoms with Gasteiger partial charge in [0, 0.05) is 18.1 Å². The van der Waals surface area contributed by atoms with E-state index in [1.54, 1.807) is 13.0 Å². The first-order chi connectivity index (χ1) is 10.9. The second-order valence-corrected chi connectivity index (χ2v) is 6.42. The molecule has 0 bridgehead atoms. The highest BCUT2D eigenvalue weighted by Crippen LogP contribution is 2.22. The van der Waals surface area contributed by atoms with Crippen molar-refractivity contribution >= 4 is 26.9 Å². The molecule has 3 rings (SSSR count). The van der Waals surface area contributed by atoms with Crippen molar-refractivity contribution in [3.8, 4) is 0 Å². The summed E-state index contributed by atoms with van der Waals surface area (Å²) in [7, 11) is -4.08. The Labute approximate surface area is 130 Å². The van der Waals surface area contributed by atoms with Crippen molar-refractivity contribution in [1.82, 2.24) is 14.5 Å². The Morgan fingerprint density at radius 1 is 1.43 bits per heavy atom. The van der Waals surface area contributed by atoms with Crippen LogP contribution in [-0.2, 0) is 16.6 Å². The van der Waals surface area contributed by atoms with Crippen LogP contribution in [0.5, 0.6) is 0 Å². The van der Waals surface area contributed by atoms with Gasteiger partial charge >= 0.3 is 5.91 Å². The van der Waals surface area contributed by atoms with Gasteiger partial charge in [-0.1, -0.05) is 12.1 Å². The second kappa shape index (κ2) is 5.51. The third-order valence-electron chi connectivity index (χ3n) is 3.19. The lowest BCUT2D eigenvalue weighted by atomic mass is 10.2. The minimum absolute atomic E-state index is 0.103. The molecule has 0 spiro atoms. The summed E-state index contributed by atoms with van der Waals surface area (Å²) in [5, 5.41) is 4.21. The number of amides is 1. The molecule has 2 heterocycles. The number of carbonyl (C=O) groups is 1. The van der Waals surface area contributed by atoms with E-state index in [0.29, 0.717) is 11.9 Å². The van der Waals surface area contributed by atoms with Gasteiger partial charge in [0.25, 0.3) is 10.0 Å². The van der Waals surface area contributed by atoms with Crippen molar-refractivity contribution in [2.75, 3.05) is 0 Å². The van der Waals surface area contributed by atoms with Gasteiger partial charge in [0.1, 0.15) is 4.90 Å². The molecule has 1 aromatic carbocycles. The van der Waals surface area contributed by atoms with Crippen LogP contribution in [0.25, 0.3) is 11.0 Å². The summed E-state index contributed by atoms with van der Waals surface area (Å²) in [6.45, 7) is 2.29. The lowest BCUT2D eigenvalue weighted by Crippen LogP contribution is -2.30. The minimum atomic E-state index is -4.08. The van der Waals surface area contributed by atoms with Gasteiger partial charge in [-0.2, -0.15) is 5.10 Å². The van der Waals surface area contributed by atoms with E-state index in [9.17, 15) is 17.6 Å². The average molecular weight is 337 g/mol. The molecule has 0 saturated carbocycles. The molecule has 1 N–H and O–H groups in total. The van der Waals surface area contributed by atoms with Gasteiger partial charge in [0.15, 0.2) is 17.2 Å². The molecular weight excluding hydrogens is 325 g/mol.